The van der Waals surface area contributed by atoms with E-state index in [1.165, 1.54) is 7.11 Å². The molecule has 1 heterocycles. The van der Waals surface area contributed by atoms with Crippen molar-refractivity contribution in [3.05, 3.63) is 65.5 Å². The van der Waals surface area contributed by atoms with Crippen molar-refractivity contribution in [1.82, 2.24) is 20.5 Å². The number of H-pyrrole nitrogens is 1. The molecule has 1 unspecified atom stereocenters. The van der Waals surface area contributed by atoms with Crippen LogP contribution in [0.15, 0.2) is 48.5 Å². The summed E-state index contributed by atoms with van der Waals surface area (Å²) in [6.45, 7) is 0.182. The number of carbonyl (C=O) groups is 3. The molecule has 0 radical (unpaired) electrons. The number of nitrogens with zero attached hydrogens (tertiary/aromatic N) is 2. The van der Waals surface area contributed by atoms with Crippen LogP contribution in [0, 0.1) is 0 Å². The SMILES string of the molecule is COC(CCNC(=O)c1nc(NC(=O)OCC2c3ccccc3-c3ccccc32)n[nH]1)C(=O)O. The van der Waals surface area contributed by atoms with Gasteiger partial charge in [0.1, 0.15) is 6.61 Å². The molecule has 1 aliphatic rings. The fourth-order valence-corrected chi connectivity index (χ4v) is 3.89. The fourth-order valence-electron chi connectivity index (χ4n) is 3.89. The standard InChI is InChI=1S/C23H23N5O6/c1-33-18(21(30)31)10-11-24-20(29)19-25-22(28-27-19)26-23(32)34-12-17-15-8-4-2-6-13(15)14-7-3-5-9-16(14)17/h2-9,17-18H,10-12H2,1H3,(H,24,29)(H,30,31)(H2,25,26,27,28,32). The van der Waals surface area contributed by atoms with Crippen molar-refractivity contribution < 1.29 is 29.0 Å². The molecule has 0 saturated carbocycles. The number of aromatic amines is 1. The van der Waals surface area contributed by atoms with Crippen molar-refractivity contribution >= 4 is 23.9 Å². The summed E-state index contributed by atoms with van der Waals surface area (Å²) in [7, 11) is 1.28. The van der Waals surface area contributed by atoms with Crippen LogP contribution >= 0.6 is 0 Å². The Labute approximate surface area is 194 Å². The van der Waals surface area contributed by atoms with Gasteiger partial charge < -0.3 is 19.9 Å². The summed E-state index contributed by atoms with van der Waals surface area (Å²) in [5.74, 6) is -2.08. The average molecular weight is 465 g/mol. The summed E-state index contributed by atoms with van der Waals surface area (Å²) < 4.78 is 10.2. The van der Waals surface area contributed by atoms with Crippen LogP contribution < -0.4 is 10.6 Å². The van der Waals surface area contributed by atoms with E-state index in [0.717, 1.165) is 22.3 Å². The topological polar surface area (TPSA) is 156 Å². The summed E-state index contributed by atoms with van der Waals surface area (Å²) in [5, 5.41) is 20.0. The highest BCUT2D eigenvalue weighted by atomic mass is 16.5. The molecule has 1 aliphatic carbocycles. The van der Waals surface area contributed by atoms with E-state index in [-0.39, 0.29) is 37.3 Å². The van der Waals surface area contributed by atoms with Gasteiger partial charge in [0.2, 0.25) is 5.82 Å². The molecule has 1 aromatic heterocycles. The third kappa shape index (κ3) is 4.89. The highest BCUT2D eigenvalue weighted by molar-refractivity contribution is 5.91. The molecule has 3 aromatic rings. The highest BCUT2D eigenvalue weighted by Crippen LogP contribution is 2.44. The molecule has 4 rings (SSSR count). The van der Waals surface area contributed by atoms with Gasteiger partial charge >= 0.3 is 12.1 Å². The van der Waals surface area contributed by atoms with Crippen LogP contribution in [0.2, 0.25) is 0 Å². The molecular weight excluding hydrogens is 442 g/mol. The predicted octanol–water partition coefficient (Wildman–Crippen LogP) is 2.39. The summed E-state index contributed by atoms with van der Waals surface area (Å²) >= 11 is 0. The number of methoxy groups -OCH3 is 1. The van der Waals surface area contributed by atoms with Gasteiger partial charge in [0.15, 0.2) is 6.10 Å². The van der Waals surface area contributed by atoms with E-state index in [9.17, 15) is 14.4 Å². The van der Waals surface area contributed by atoms with Crippen LogP contribution in [0.4, 0.5) is 10.7 Å². The number of benzene rings is 2. The highest BCUT2D eigenvalue weighted by Gasteiger charge is 2.29. The number of rotatable bonds is 9. The third-order valence-electron chi connectivity index (χ3n) is 5.51. The van der Waals surface area contributed by atoms with E-state index in [1.807, 2.05) is 48.5 Å². The number of anilines is 1. The summed E-state index contributed by atoms with van der Waals surface area (Å²) in [6, 6.07) is 16.0. The second-order valence-electron chi connectivity index (χ2n) is 7.57. The van der Waals surface area contributed by atoms with Crippen LogP contribution in [-0.2, 0) is 14.3 Å². The van der Waals surface area contributed by atoms with Gasteiger partial charge in [0, 0.05) is 26.0 Å². The lowest BCUT2D eigenvalue weighted by molar-refractivity contribution is -0.148. The van der Waals surface area contributed by atoms with E-state index in [1.54, 1.807) is 0 Å². The zero-order chi connectivity index (χ0) is 24.1. The summed E-state index contributed by atoms with van der Waals surface area (Å²) in [4.78, 5) is 39.3. The molecule has 34 heavy (non-hydrogen) atoms. The number of fused-ring (bicyclic) bond motifs is 3. The molecule has 0 saturated heterocycles. The molecular formula is C23H23N5O6. The molecule has 11 heteroatoms. The average Bonchev–Trinajstić information content (AvgIpc) is 3.43. The van der Waals surface area contributed by atoms with E-state index < -0.39 is 24.1 Å². The number of hydrogen-bond acceptors (Lipinski definition) is 7. The van der Waals surface area contributed by atoms with Gasteiger partial charge in [0.25, 0.3) is 11.9 Å². The minimum Gasteiger partial charge on any atom is -0.479 e. The normalized spacial score (nSPS) is 13.0. The van der Waals surface area contributed by atoms with Gasteiger partial charge in [0.05, 0.1) is 0 Å². The number of aromatic nitrogens is 3. The maximum absolute atomic E-state index is 12.3. The number of carboxylic acid groups (broad SMARTS) is 1. The van der Waals surface area contributed by atoms with Crippen molar-refractivity contribution in [1.29, 1.82) is 0 Å². The van der Waals surface area contributed by atoms with Gasteiger partial charge in [-0.25, -0.2) is 9.59 Å². The van der Waals surface area contributed by atoms with Gasteiger partial charge in [-0.1, -0.05) is 48.5 Å². The first-order chi connectivity index (χ1) is 16.5. The molecule has 2 amide bonds. The number of amides is 2. The molecule has 0 aliphatic heterocycles. The molecule has 1 atom stereocenters. The Bertz CT molecular complexity index is 1160. The lowest BCUT2D eigenvalue weighted by Gasteiger charge is -2.13. The van der Waals surface area contributed by atoms with E-state index >= 15 is 0 Å². The number of nitrogens with one attached hydrogen (secondary N) is 3. The summed E-state index contributed by atoms with van der Waals surface area (Å²) in [5.41, 5.74) is 4.42. The lowest BCUT2D eigenvalue weighted by atomic mass is 9.98. The quantitative estimate of drug-likeness (QED) is 0.375. The molecule has 176 valence electrons. The Morgan fingerprint density at radius 1 is 1.09 bits per heavy atom. The second kappa shape index (κ2) is 10.1. The Hall–Kier alpha value is -4.25. The number of ether oxygens (including phenoxy) is 2. The minimum atomic E-state index is -1.12. The Morgan fingerprint density at radius 2 is 1.74 bits per heavy atom. The Balaban J connectivity index is 1.30. The minimum absolute atomic E-state index is 0.0550. The van der Waals surface area contributed by atoms with Crippen LogP contribution in [0.25, 0.3) is 11.1 Å². The smallest absolute Gasteiger partial charge is 0.414 e. The van der Waals surface area contributed by atoms with Gasteiger partial charge in [-0.2, -0.15) is 4.98 Å². The first-order valence-electron chi connectivity index (χ1n) is 10.6. The molecule has 0 fully saturated rings. The first-order valence-corrected chi connectivity index (χ1v) is 10.6. The maximum Gasteiger partial charge on any atom is 0.414 e. The van der Waals surface area contributed by atoms with E-state index in [4.69, 9.17) is 14.6 Å². The van der Waals surface area contributed by atoms with Crippen molar-refractivity contribution in [3.63, 3.8) is 0 Å². The second-order valence-corrected chi connectivity index (χ2v) is 7.57. The molecule has 2 aromatic carbocycles. The van der Waals surface area contributed by atoms with Crippen molar-refractivity contribution in [2.24, 2.45) is 0 Å². The zero-order valence-corrected chi connectivity index (χ0v) is 18.3. The van der Waals surface area contributed by atoms with Crippen molar-refractivity contribution in [2.75, 3.05) is 25.6 Å². The maximum atomic E-state index is 12.3. The zero-order valence-electron chi connectivity index (χ0n) is 18.3. The summed E-state index contributed by atoms with van der Waals surface area (Å²) in [6.07, 6.45) is -1.70. The fraction of sp³-hybridized carbons (Fsp3) is 0.261. The number of carbonyl (C=O) groups excluding carboxylic acids is 2. The molecule has 0 spiro atoms. The Kier molecular flexibility index (Phi) is 6.83. The number of hydrogen-bond donors (Lipinski definition) is 4. The molecule has 11 nitrogen and oxygen atoms in total. The predicted molar refractivity (Wildman–Crippen MR) is 120 cm³/mol. The lowest BCUT2D eigenvalue weighted by Crippen LogP contribution is -2.31. The van der Waals surface area contributed by atoms with Gasteiger partial charge in [-0.05, 0) is 22.3 Å². The first kappa shape index (κ1) is 22.9. The van der Waals surface area contributed by atoms with Gasteiger partial charge in [-0.3, -0.25) is 15.2 Å². The largest absolute Gasteiger partial charge is 0.479 e. The van der Waals surface area contributed by atoms with Crippen LogP contribution in [0.1, 0.15) is 34.1 Å². The molecule has 4 N–H and O–H groups in total. The van der Waals surface area contributed by atoms with Crippen molar-refractivity contribution in [3.8, 4) is 11.1 Å². The van der Waals surface area contributed by atoms with Crippen LogP contribution in [0.3, 0.4) is 0 Å². The van der Waals surface area contributed by atoms with Crippen LogP contribution in [0.5, 0.6) is 0 Å². The van der Waals surface area contributed by atoms with Crippen LogP contribution in [-0.4, -0.2) is 64.6 Å². The van der Waals surface area contributed by atoms with E-state index in [0.29, 0.717) is 0 Å². The Morgan fingerprint density at radius 3 is 2.35 bits per heavy atom. The number of aliphatic carboxylic acids is 1. The monoisotopic (exact) mass is 465 g/mol. The number of carboxylic acids is 1. The van der Waals surface area contributed by atoms with Crippen molar-refractivity contribution in [2.45, 2.75) is 18.4 Å². The third-order valence-corrected chi connectivity index (χ3v) is 5.51. The molecule has 0 bridgehead atoms. The van der Waals surface area contributed by atoms with Gasteiger partial charge in [-0.15, -0.1) is 5.10 Å². The van der Waals surface area contributed by atoms with E-state index in [2.05, 4.69) is 25.8 Å².